The molecule has 0 aliphatic carbocycles. The van der Waals surface area contributed by atoms with E-state index in [4.69, 9.17) is 0 Å². The highest BCUT2D eigenvalue weighted by atomic mass is 32.2. The average Bonchev–Trinajstić information content (AvgIpc) is 2.48. The van der Waals surface area contributed by atoms with Gasteiger partial charge in [-0.05, 0) is 32.0 Å². The molecule has 0 aromatic heterocycles. The second kappa shape index (κ2) is 7.37. The summed E-state index contributed by atoms with van der Waals surface area (Å²) in [6, 6.07) is 3.18. The molecule has 0 bridgehead atoms. The number of carbonyl (C=O) groups excluding carboxylic acids is 1. The second-order valence-corrected chi connectivity index (χ2v) is 6.02. The van der Waals surface area contributed by atoms with Crippen molar-refractivity contribution >= 4 is 29.0 Å². The fraction of sp³-hybridized carbons (Fsp3) is 0.462. The SMILES string of the molecule is O=C(CSC1CCNCC1)Nc1ccc([N+](=O)[O-])cc1F. The third-order valence-corrected chi connectivity index (χ3v) is 4.55. The summed E-state index contributed by atoms with van der Waals surface area (Å²) in [7, 11) is 0. The van der Waals surface area contributed by atoms with Crippen LogP contribution in [0.1, 0.15) is 12.8 Å². The fourth-order valence-corrected chi connectivity index (χ4v) is 3.09. The Labute approximate surface area is 125 Å². The van der Waals surface area contributed by atoms with Gasteiger partial charge in [0.25, 0.3) is 5.69 Å². The molecular weight excluding hydrogens is 297 g/mol. The van der Waals surface area contributed by atoms with Gasteiger partial charge in [0.2, 0.25) is 5.91 Å². The average molecular weight is 313 g/mol. The topological polar surface area (TPSA) is 84.3 Å². The Balaban J connectivity index is 1.85. The van der Waals surface area contributed by atoms with E-state index in [1.807, 2.05) is 0 Å². The van der Waals surface area contributed by atoms with Crippen LogP contribution in [-0.2, 0) is 4.79 Å². The first-order valence-electron chi connectivity index (χ1n) is 6.62. The van der Waals surface area contributed by atoms with Gasteiger partial charge >= 0.3 is 0 Å². The van der Waals surface area contributed by atoms with Crippen LogP contribution in [0.5, 0.6) is 0 Å². The van der Waals surface area contributed by atoms with E-state index in [9.17, 15) is 19.3 Å². The molecule has 1 aliphatic heterocycles. The number of amides is 1. The summed E-state index contributed by atoms with van der Waals surface area (Å²) in [4.78, 5) is 21.6. The number of nitro benzene ring substituents is 1. The lowest BCUT2D eigenvalue weighted by Crippen LogP contribution is -2.30. The zero-order chi connectivity index (χ0) is 15.2. The van der Waals surface area contributed by atoms with Gasteiger partial charge in [-0.15, -0.1) is 11.8 Å². The minimum absolute atomic E-state index is 0.0310. The Morgan fingerprint density at radius 1 is 1.48 bits per heavy atom. The molecule has 6 nitrogen and oxygen atoms in total. The Bertz CT molecular complexity index is 535. The van der Waals surface area contributed by atoms with E-state index in [0.29, 0.717) is 5.25 Å². The smallest absolute Gasteiger partial charge is 0.272 e. The highest BCUT2D eigenvalue weighted by molar-refractivity contribution is 8.00. The van der Waals surface area contributed by atoms with Crippen molar-refractivity contribution in [2.24, 2.45) is 0 Å². The number of non-ortho nitro benzene ring substituents is 1. The first-order chi connectivity index (χ1) is 10.1. The number of hydrogen-bond donors (Lipinski definition) is 2. The number of nitrogens with one attached hydrogen (secondary N) is 2. The molecule has 0 saturated carbocycles. The molecule has 1 aliphatic rings. The van der Waals surface area contributed by atoms with Crippen molar-refractivity contribution in [1.29, 1.82) is 0 Å². The minimum Gasteiger partial charge on any atom is -0.323 e. The van der Waals surface area contributed by atoms with Crippen LogP contribution in [0, 0.1) is 15.9 Å². The monoisotopic (exact) mass is 313 g/mol. The summed E-state index contributed by atoms with van der Waals surface area (Å²) >= 11 is 1.56. The van der Waals surface area contributed by atoms with Crippen LogP contribution in [-0.4, -0.2) is 34.9 Å². The first kappa shape index (κ1) is 15.7. The van der Waals surface area contributed by atoms with Crippen LogP contribution < -0.4 is 10.6 Å². The number of carbonyl (C=O) groups is 1. The van der Waals surface area contributed by atoms with Crippen molar-refractivity contribution in [3.05, 3.63) is 34.1 Å². The van der Waals surface area contributed by atoms with Gasteiger partial charge in [-0.2, -0.15) is 0 Å². The number of nitrogens with zero attached hydrogens (tertiary/aromatic N) is 1. The zero-order valence-corrected chi connectivity index (χ0v) is 12.1. The van der Waals surface area contributed by atoms with Crippen molar-refractivity contribution in [1.82, 2.24) is 5.32 Å². The van der Waals surface area contributed by atoms with Gasteiger partial charge in [-0.3, -0.25) is 14.9 Å². The molecule has 1 fully saturated rings. The lowest BCUT2D eigenvalue weighted by atomic mass is 10.2. The number of hydrogen-bond acceptors (Lipinski definition) is 5. The molecule has 21 heavy (non-hydrogen) atoms. The molecule has 1 saturated heterocycles. The maximum absolute atomic E-state index is 13.6. The quantitative estimate of drug-likeness (QED) is 0.643. The summed E-state index contributed by atoms with van der Waals surface area (Å²) in [5.74, 6) is -0.850. The second-order valence-electron chi connectivity index (χ2n) is 4.73. The number of benzene rings is 1. The molecule has 114 valence electrons. The molecular formula is C13H16FN3O3S. The number of anilines is 1. The van der Waals surface area contributed by atoms with Crippen molar-refractivity contribution in [2.45, 2.75) is 18.1 Å². The van der Waals surface area contributed by atoms with E-state index in [1.165, 1.54) is 12.1 Å². The number of piperidine rings is 1. The lowest BCUT2D eigenvalue weighted by Gasteiger charge is -2.21. The van der Waals surface area contributed by atoms with Crippen LogP contribution in [0.15, 0.2) is 18.2 Å². The molecule has 0 unspecified atom stereocenters. The molecule has 0 spiro atoms. The third kappa shape index (κ3) is 4.68. The van der Waals surface area contributed by atoms with Crippen molar-refractivity contribution in [3.8, 4) is 0 Å². The molecule has 1 aromatic rings. The largest absolute Gasteiger partial charge is 0.323 e. The van der Waals surface area contributed by atoms with E-state index >= 15 is 0 Å². The van der Waals surface area contributed by atoms with E-state index < -0.39 is 10.7 Å². The predicted octanol–water partition coefficient (Wildman–Crippen LogP) is 2.16. The van der Waals surface area contributed by atoms with Gasteiger partial charge in [-0.1, -0.05) is 0 Å². The number of nitro groups is 1. The molecule has 2 N–H and O–H groups in total. The van der Waals surface area contributed by atoms with E-state index in [1.54, 1.807) is 11.8 Å². The molecule has 0 radical (unpaired) electrons. The van der Waals surface area contributed by atoms with E-state index in [2.05, 4.69) is 10.6 Å². The number of thioether (sulfide) groups is 1. The van der Waals surface area contributed by atoms with Gasteiger partial charge in [0, 0.05) is 11.3 Å². The van der Waals surface area contributed by atoms with Crippen LogP contribution in [0.2, 0.25) is 0 Å². The fourth-order valence-electron chi connectivity index (χ4n) is 2.06. The summed E-state index contributed by atoms with van der Waals surface area (Å²) < 4.78 is 13.6. The maximum Gasteiger partial charge on any atom is 0.272 e. The van der Waals surface area contributed by atoms with Crippen molar-refractivity contribution in [3.63, 3.8) is 0 Å². The molecule has 8 heteroatoms. The Hall–Kier alpha value is -1.67. The number of rotatable bonds is 5. The van der Waals surface area contributed by atoms with Crippen LogP contribution >= 0.6 is 11.8 Å². The Morgan fingerprint density at radius 3 is 2.81 bits per heavy atom. The van der Waals surface area contributed by atoms with Crippen LogP contribution in [0.3, 0.4) is 0 Å². The minimum atomic E-state index is -0.801. The number of halogens is 1. The lowest BCUT2D eigenvalue weighted by molar-refractivity contribution is -0.385. The van der Waals surface area contributed by atoms with Gasteiger partial charge in [-0.25, -0.2) is 4.39 Å². The Kier molecular flexibility index (Phi) is 5.51. The Morgan fingerprint density at radius 2 is 2.19 bits per heavy atom. The molecule has 2 rings (SSSR count). The van der Waals surface area contributed by atoms with Crippen LogP contribution in [0.25, 0.3) is 0 Å². The van der Waals surface area contributed by atoms with Crippen molar-refractivity contribution < 1.29 is 14.1 Å². The van der Waals surface area contributed by atoms with Gasteiger partial charge < -0.3 is 10.6 Å². The maximum atomic E-state index is 13.6. The standard InChI is InChI=1S/C13H16FN3O3S/c14-11-7-9(17(19)20)1-2-12(11)16-13(18)8-21-10-3-5-15-6-4-10/h1-2,7,10,15H,3-6,8H2,(H,16,18). The van der Waals surface area contributed by atoms with Gasteiger partial charge in [0.05, 0.1) is 22.4 Å². The van der Waals surface area contributed by atoms with Crippen LogP contribution in [0.4, 0.5) is 15.8 Å². The highest BCUT2D eigenvalue weighted by Gasteiger charge is 2.16. The normalized spacial score (nSPS) is 15.7. The van der Waals surface area contributed by atoms with Crippen molar-refractivity contribution in [2.75, 3.05) is 24.2 Å². The summed E-state index contributed by atoms with van der Waals surface area (Å²) in [5, 5.41) is 16.6. The summed E-state index contributed by atoms with van der Waals surface area (Å²) in [6.07, 6.45) is 2.04. The molecule has 1 aromatic carbocycles. The van der Waals surface area contributed by atoms with Gasteiger partial charge in [0.1, 0.15) is 0 Å². The molecule has 1 heterocycles. The third-order valence-electron chi connectivity index (χ3n) is 3.17. The molecule has 1 amide bonds. The van der Waals surface area contributed by atoms with E-state index in [-0.39, 0.29) is 23.0 Å². The summed E-state index contributed by atoms with van der Waals surface area (Å²) in [5.41, 5.74) is -0.369. The molecule has 0 atom stereocenters. The van der Waals surface area contributed by atoms with E-state index in [0.717, 1.165) is 32.0 Å². The zero-order valence-electron chi connectivity index (χ0n) is 11.3. The first-order valence-corrected chi connectivity index (χ1v) is 7.67. The van der Waals surface area contributed by atoms with Gasteiger partial charge in [0.15, 0.2) is 5.82 Å². The summed E-state index contributed by atoms with van der Waals surface area (Å²) in [6.45, 7) is 1.91. The predicted molar refractivity (Wildman–Crippen MR) is 80.0 cm³/mol. The highest BCUT2D eigenvalue weighted by Crippen LogP contribution is 2.22.